The maximum atomic E-state index is 12.4. The number of carbonyl (C=O) groups is 1. The van der Waals surface area contributed by atoms with Crippen molar-refractivity contribution >= 4 is 38.1 Å². The lowest BCUT2D eigenvalue weighted by Crippen LogP contribution is -2.40. The molecule has 2 heterocycles. The highest BCUT2D eigenvalue weighted by Crippen LogP contribution is 2.32. The molecular formula is C18H14N3O5S2-. The second kappa shape index (κ2) is 7.49. The first-order valence-electron chi connectivity index (χ1n) is 8.18. The van der Waals surface area contributed by atoms with E-state index < -0.39 is 22.0 Å². The Morgan fingerprint density at radius 1 is 1.14 bits per heavy atom. The Hall–Kier alpha value is -3.11. The smallest absolute Gasteiger partial charge is 0.269 e. The van der Waals surface area contributed by atoms with Gasteiger partial charge < -0.3 is 24.5 Å². The maximum absolute atomic E-state index is 12.4. The molecule has 0 bridgehead atoms. The van der Waals surface area contributed by atoms with Crippen LogP contribution in [0, 0.1) is 0 Å². The molecule has 0 aliphatic carbocycles. The molecule has 1 atom stereocenters. The number of thiazole rings is 1. The van der Waals surface area contributed by atoms with Crippen LogP contribution in [0.15, 0.2) is 65.0 Å². The first-order valence-corrected chi connectivity index (χ1v) is 10.5. The van der Waals surface area contributed by atoms with E-state index in [-0.39, 0.29) is 16.6 Å². The number of amides is 1. The maximum Gasteiger partial charge on any atom is 0.269 e. The molecule has 1 N–H and O–H groups in total. The van der Waals surface area contributed by atoms with Gasteiger partial charge in [-0.05, 0) is 41.8 Å². The lowest BCUT2D eigenvalue weighted by Gasteiger charge is -2.25. The van der Waals surface area contributed by atoms with Crippen LogP contribution in [0.5, 0.6) is 11.5 Å². The predicted octanol–water partition coefficient (Wildman–Crippen LogP) is 3.32. The number of hydrogen-bond acceptors (Lipinski definition) is 7. The standard InChI is InChI=1S/C18H15N3O5S2/c22-17(16-11-25-14-3-1-2-4-15(14)26-16)20-12-5-7-13(8-6-12)28(23,24)21-18-19-9-10-27-18/h1-10,16H,11H2,(H2,19,20,21,22)/p-1. The van der Waals surface area contributed by atoms with Gasteiger partial charge in [0.25, 0.3) is 5.91 Å². The number of rotatable bonds is 5. The molecule has 0 spiro atoms. The van der Waals surface area contributed by atoms with Crippen LogP contribution in [0.2, 0.25) is 0 Å². The fourth-order valence-electron chi connectivity index (χ4n) is 2.50. The number of sulfonamides is 1. The quantitative estimate of drug-likeness (QED) is 0.683. The van der Waals surface area contributed by atoms with Gasteiger partial charge >= 0.3 is 0 Å². The van der Waals surface area contributed by atoms with Crippen molar-refractivity contribution in [3.8, 4) is 11.5 Å². The van der Waals surface area contributed by atoms with Crippen LogP contribution in [0.25, 0.3) is 4.72 Å². The Morgan fingerprint density at radius 2 is 1.89 bits per heavy atom. The molecule has 0 radical (unpaired) electrons. The van der Waals surface area contributed by atoms with E-state index in [9.17, 15) is 13.2 Å². The zero-order valence-corrected chi connectivity index (χ0v) is 15.9. The van der Waals surface area contributed by atoms with E-state index in [0.29, 0.717) is 17.2 Å². The number of aromatic nitrogens is 1. The van der Waals surface area contributed by atoms with Crippen molar-refractivity contribution in [1.29, 1.82) is 0 Å². The second-order valence-corrected chi connectivity index (χ2v) is 8.24. The van der Waals surface area contributed by atoms with Crippen molar-refractivity contribution in [2.75, 3.05) is 11.9 Å². The largest absolute Gasteiger partial charge is 0.485 e. The van der Waals surface area contributed by atoms with Gasteiger partial charge in [-0.25, -0.2) is 8.42 Å². The van der Waals surface area contributed by atoms with Crippen molar-refractivity contribution in [3.05, 3.63) is 64.8 Å². The summed E-state index contributed by atoms with van der Waals surface area (Å²) in [6, 6.07) is 12.8. The van der Waals surface area contributed by atoms with Crippen molar-refractivity contribution in [2.24, 2.45) is 0 Å². The van der Waals surface area contributed by atoms with Crippen LogP contribution in [0.3, 0.4) is 0 Å². The molecule has 1 amide bonds. The number of ether oxygens (including phenoxy) is 2. The van der Waals surface area contributed by atoms with Crippen LogP contribution >= 0.6 is 11.3 Å². The van der Waals surface area contributed by atoms with Crippen LogP contribution in [0.4, 0.5) is 10.8 Å². The number of carbonyl (C=O) groups excluding carboxylic acids is 1. The third-order valence-electron chi connectivity index (χ3n) is 3.84. The van der Waals surface area contributed by atoms with Crippen molar-refractivity contribution in [2.45, 2.75) is 11.0 Å². The van der Waals surface area contributed by atoms with E-state index in [1.54, 1.807) is 23.6 Å². The summed E-state index contributed by atoms with van der Waals surface area (Å²) in [7, 11) is -3.87. The topological polar surface area (TPSA) is 109 Å². The molecule has 8 nitrogen and oxygen atoms in total. The molecule has 10 heteroatoms. The highest BCUT2D eigenvalue weighted by molar-refractivity contribution is 7.94. The van der Waals surface area contributed by atoms with Gasteiger partial charge in [0.1, 0.15) is 6.61 Å². The SMILES string of the molecule is O=C(Nc1ccc(S(=O)(=O)[N-]c2nccs2)cc1)C1COc2ccccc2O1. The zero-order valence-electron chi connectivity index (χ0n) is 14.3. The van der Waals surface area contributed by atoms with E-state index in [4.69, 9.17) is 9.47 Å². The van der Waals surface area contributed by atoms with E-state index in [1.165, 1.54) is 30.5 Å². The first-order chi connectivity index (χ1) is 13.5. The molecular weight excluding hydrogens is 402 g/mol. The molecule has 144 valence electrons. The average molecular weight is 416 g/mol. The molecule has 1 unspecified atom stereocenters. The van der Waals surface area contributed by atoms with E-state index in [0.717, 1.165) is 11.3 Å². The van der Waals surface area contributed by atoms with E-state index in [2.05, 4.69) is 15.0 Å². The number of nitrogens with zero attached hydrogens (tertiary/aromatic N) is 2. The van der Waals surface area contributed by atoms with Gasteiger partial charge in [0, 0.05) is 10.8 Å². The van der Waals surface area contributed by atoms with Gasteiger partial charge in [0.2, 0.25) is 16.1 Å². The number of nitrogens with one attached hydrogen (secondary N) is 1. The second-order valence-electron chi connectivity index (χ2n) is 5.76. The average Bonchev–Trinajstić information content (AvgIpc) is 3.20. The zero-order chi connectivity index (χ0) is 19.6. The summed E-state index contributed by atoms with van der Waals surface area (Å²) in [6.45, 7) is 0.0853. The Morgan fingerprint density at radius 3 is 2.61 bits per heavy atom. The van der Waals surface area contributed by atoms with Gasteiger partial charge in [-0.1, -0.05) is 18.3 Å². The summed E-state index contributed by atoms with van der Waals surface area (Å²) in [4.78, 5) is 16.3. The third-order valence-corrected chi connectivity index (χ3v) is 5.90. The molecule has 1 aliphatic rings. The molecule has 0 saturated carbocycles. The number of hydrogen-bond donors (Lipinski definition) is 1. The molecule has 4 rings (SSSR count). The van der Waals surface area contributed by atoms with E-state index in [1.807, 2.05) is 6.07 Å². The molecule has 0 saturated heterocycles. The predicted molar refractivity (Wildman–Crippen MR) is 104 cm³/mol. The summed E-state index contributed by atoms with van der Waals surface area (Å²) in [5, 5.41) is 4.49. The summed E-state index contributed by atoms with van der Waals surface area (Å²) in [6.07, 6.45) is 0.672. The lowest BCUT2D eigenvalue weighted by molar-refractivity contribution is -0.125. The first kappa shape index (κ1) is 18.3. The van der Waals surface area contributed by atoms with E-state index >= 15 is 0 Å². The number of benzene rings is 2. The van der Waals surface area contributed by atoms with Crippen molar-refractivity contribution in [3.63, 3.8) is 0 Å². The van der Waals surface area contributed by atoms with Gasteiger partial charge in [-0.3, -0.25) is 4.79 Å². The van der Waals surface area contributed by atoms with Crippen LogP contribution in [-0.4, -0.2) is 32.0 Å². The molecule has 28 heavy (non-hydrogen) atoms. The number of fused-ring (bicyclic) bond motifs is 1. The minimum Gasteiger partial charge on any atom is -0.485 e. The normalized spacial score (nSPS) is 15.6. The molecule has 3 aromatic rings. The van der Waals surface area contributed by atoms with Crippen LogP contribution in [-0.2, 0) is 14.8 Å². The highest BCUT2D eigenvalue weighted by atomic mass is 32.2. The molecule has 1 aliphatic heterocycles. The number of anilines is 1. The Kier molecular flexibility index (Phi) is 4.88. The Balaban J connectivity index is 1.41. The van der Waals surface area contributed by atoms with Gasteiger partial charge in [-0.2, -0.15) is 11.3 Å². The van der Waals surface area contributed by atoms with Crippen molar-refractivity contribution < 1.29 is 22.7 Å². The van der Waals surface area contributed by atoms with Crippen molar-refractivity contribution in [1.82, 2.24) is 4.98 Å². The molecule has 1 aromatic heterocycles. The lowest BCUT2D eigenvalue weighted by atomic mass is 10.2. The summed E-state index contributed by atoms with van der Waals surface area (Å²) in [5.74, 6) is 0.696. The summed E-state index contributed by atoms with van der Waals surface area (Å²) >= 11 is 1.13. The minimum absolute atomic E-state index is 0.00637. The monoisotopic (exact) mass is 416 g/mol. The third kappa shape index (κ3) is 3.92. The van der Waals surface area contributed by atoms with Gasteiger partial charge in [-0.15, -0.1) is 0 Å². The number of para-hydroxylation sites is 2. The van der Waals surface area contributed by atoms with Gasteiger partial charge in [0.15, 0.2) is 11.5 Å². The fourth-order valence-corrected chi connectivity index (χ4v) is 4.17. The summed E-state index contributed by atoms with van der Waals surface area (Å²) < 4.78 is 39.4. The molecule has 0 fully saturated rings. The van der Waals surface area contributed by atoms with Crippen LogP contribution in [0.1, 0.15) is 0 Å². The highest BCUT2D eigenvalue weighted by Gasteiger charge is 2.27. The Bertz CT molecular complexity index is 1080. The molecule has 2 aromatic carbocycles. The van der Waals surface area contributed by atoms with Gasteiger partial charge in [0.05, 0.1) is 4.90 Å². The minimum atomic E-state index is -3.87. The Labute approximate surface area is 165 Å². The fraction of sp³-hybridized carbons (Fsp3) is 0.111. The summed E-state index contributed by atoms with van der Waals surface area (Å²) in [5.41, 5.74) is 0.431. The van der Waals surface area contributed by atoms with Crippen LogP contribution < -0.4 is 14.8 Å².